The summed E-state index contributed by atoms with van der Waals surface area (Å²) in [5.74, 6) is -1.97. The molecule has 8 heteroatoms. The lowest BCUT2D eigenvalue weighted by Gasteiger charge is -2.62. The van der Waals surface area contributed by atoms with Gasteiger partial charge in [0.1, 0.15) is 19.0 Å². The van der Waals surface area contributed by atoms with E-state index < -0.39 is 52.5 Å². The van der Waals surface area contributed by atoms with E-state index in [2.05, 4.69) is 0 Å². The van der Waals surface area contributed by atoms with Crippen molar-refractivity contribution in [2.75, 3.05) is 6.61 Å². The van der Waals surface area contributed by atoms with E-state index in [0.29, 0.717) is 24.4 Å². The van der Waals surface area contributed by atoms with Gasteiger partial charge >= 0.3 is 5.97 Å². The van der Waals surface area contributed by atoms with E-state index in [-0.39, 0.29) is 36.5 Å². The van der Waals surface area contributed by atoms with Gasteiger partial charge in [0.25, 0.3) is 0 Å². The van der Waals surface area contributed by atoms with Crippen LogP contribution in [0.1, 0.15) is 69.3 Å². The number of halogens is 1. The zero-order chi connectivity index (χ0) is 31.9. The van der Waals surface area contributed by atoms with Gasteiger partial charge in [0.15, 0.2) is 17.1 Å². The van der Waals surface area contributed by atoms with Crippen LogP contribution in [0.25, 0.3) is 0 Å². The lowest BCUT2D eigenvalue weighted by atomic mass is 9.44. The van der Waals surface area contributed by atoms with Crippen LogP contribution in [-0.4, -0.2) is 51.7 Å². The van der Waals surface area contributed by atoms with Crippen molar-refractivity contribution < 1.29 is 38.5 Å². The Bertz CT molecular complexity index is 1480. The summed E-state index contributed by atoms with van der Waals surface area (Å²) in [5, 5.41) is 21.7. The zero-order valence-electron chi connectivity index (χ0n) is 25.7. The molecule has 0 aromatic heterocycles. The molecule has 5 rings (SSSR count). The third kappa shape index (κ3) is 5.02. The summed E-state index contributed by atoms with van der Waals surface area (Å²) in [6, 6.07) is 16.0. The molecule has 2 N–H and O–H groups in total. The molecule has 44 heavy (non-hydrogen) atoms. The number of ether oxygens (including phenoxy) is 2. The van der Waals surface area contributed by atoms with Gasteiger partial charge in [0.05, 0.1) is 11.7 Å². The van der Waals surface area contributed by atoms with Crippen LogP contribution < -0.4 is 4.74 Å². The topological polar surface area (TPSA) is 110 Å². The number of rotatable bonds is 9. The molecule has 0 bridgehead atoms. The van der Waals surface area contributed by atoms with Crippen molar-refractivity contribution in [2.24, 2.45) is 22.7 Å². The molecule has 2 fully saturated rings. The fourth-order valence-electron chi connectivity index (χ4n) is 8.22. The molecule has 3 aliphatic rings. The Balaban J connectivity index is 1.42. The standard InChI is InChI=1S/C36H41FO7/c1-5-35(31(41)21-38,44-32(42)25-11-13-28(14-12-25)43-22-24-9-7-6-8-10-24)33(3)19-26-17-23(2)29-18-27(39)15-16-34(29,4)36(26,37)30(40)20-33/h6-16,18,23,26,30,38,40H,5,17,19-22H2,1-4H3. The molecule has 0 spiro atoms. The molecular formula is C36H41FO7. The highest BCUT2D eigenvalue weighted by molar-refractivity contribution is 6.01. The minimum Gasteiger partial charge on any atom is -0.489 e. The number of esters is 1. The molecule has 2 saturated carbocycles. The molecule has 0 heterocycles. The zero-order valence-corrected chi connectivity index (χ0v) is 25.7. The Kier molecular flexibility index (Phi) is 8.46. The number of carbonyl (C=O) groups is 3. The van der Waals surface area contributed by atoms with Crippen LogP contribution in [-0.2, 0) is 20.9 Å². The number of fused-ring (bicyclic) bond motifs is 3. The lowest BCUT2D eigenvalue weighted by molar-refractivity contribution is -0.213. The molecule has 234 valence electrons. The fourth-order valence-corrected chi connectivity index (χ4v) is 8.22. The molecule has 2 aromatic carbocycles. The molecule has 0 aliphatic heterocycles. The highest BCUT2D eigenvalue weighted by atomic mass is 19.1. The molecule has 7 atom stereocenters. The molecule has 3 aliphatic carbocycles. The van der Waals surface area contributed by atoms with Crippen LogP contribution in [0.2, 0.25) is 0 Å². The fraction of sp³-hybridized carbons (Fsp3) is 0.472. The van der Waals surface area contributed by atoms with Crippen molar-refractivity contribution >= 4 is 17.5 Å². The maximum atomic E-state index is 17.4. The van der Waals surface area contributed by atoms with E-state index in [0.717, 1.165) is 5.56 Å². The van der Waals surface area contributed by atoms with Crippen molar-refractivity contribution in [3.8, 4) is 5.75 Å². The quantitative estimate of drug-likeness (QED) is 0.352. The van der Waals surface area contributed by atoms with Gasteiger partial charge in [-0.25, -0.2) is 9.18 Å². The van der Waals surface area contributed by atoms with Crippen molar-refractivity contribution in [2.45, 2.75) is 77.4 Å². The molecular weight excluding hydrogens is 563 g/mol. The highest BCUT2D eigenvalue weighted by Gasteiger charge is 2.70. The van der Waals surface area contributed by atoms with E-state index >= 15 is 4.39 Å². The summed E-state index contributed by atoms with van der Waals surface area (Å²) in [4.78, 5) is 39.3. The van der Waals surface area contributed by atoms with E-state index in [1.807, 2.05) is 37.3 Å². The molecule has 2 aromatic rings. The van der Waals surface area contributed by atoms with E-state index in [9.17, 15) is 24.6 Å². The second kappa shape index (κ2) is 11.7. The van der Waals surface area contributed by atoms with Gasteiger partial charge in [-0.15, -0.1) is 0 Å². The maximum Gasteiger partial charge on any atom is 0.339 e. The summed E-state index contributed by atoms with van der Waals surface area (Å²) in [6.45, 7) is 6.56. The van der Waals surface area contributed by atoms with Crippen LogP contribution in [0.15, 0.2) is 78.4 Å². The molecule has 0 amide bonds. The predicted octanol–water partition coefficient (Wildman–Crippen LogP) is 5.73. The first-order valence-corrected chi connectivity index (χ1v) is 15.3. The molecule has 7 nitrogen and oxygen atoms in total. The minimum atomic E-state index is -2.11. The first kappa shape index (κ1) is 31.8. The number of Topliss-reactive ketones (excluding diaryl/α,β-unsaturated/α-hetero) is 1. The molecule has 0 radical (unpaired) electrons. The monoisotopic (exact) mass is 604 g/mol. The van der Waals surface area contributed by atoms with Crippen molar-refractivity contribution in [3.05, 3.63) is 89.5 Å². The summed E-state index contributed by atoms with van der Waals surface area (Å²) in [7, 11) is 0. The Morgan fingerprint density at radius 3 is 2.39 bits per heavy atom. The number of hydrogen-bond acceptors (Lipinski definition) is 7. The smallest absolute Gasteiger partial charge is 0.339 e. The second-order valence-corrected chi connectivity index (χ2v) is 13.1. The summed E-state index contributed by atoms with van der Waals surface area (Å²) < 4.78 is 29.3. The van der Waals surface area contributed by atoms with Gasteiger partial charge in [-0.05, 0) is 86.4 Å². The molecule has 0 saturated heterocycles. The number of ketones is 2. The van der Waals surface area contributed by atoms with Gasteiger partial charge in [0.2, 0.25) is 5.78 Å². The van der Waals surface area contributed by atoms with E-state index in [4.69, 9.17) is 9.47 Å². The number of benzene rings is 2. The third-order valence-electron chi connectivity index (χ3n) is 10.5. The van der Waals surface area contributed by atoms with Gasteiger partial charge in [-0.1, -0.05) is 62.8 Å². The van der Waals surface area contributed by atoms with Gasteiger partial charge < -0.3 is 19.7 Å². The van der Waals surface area contributed by atoms with Crippen molar-refractivity contribution in [3.63, 3.8) is 0 Å². The second-order valence-electron chi connectivity index (χ2n) is 13.1. The normalized spacial score (nSPS) is 32.5. The van der Waals surface area contributed by atoms with Gasteiger partial charge in [0, 0.05) is 10.8 Å². The van der Waals surface area contributed by atoms with Crippen LogP contribution in [0.5, 0.6) is 5.75 Å². The number of hydrogen-bond donors (Lipinski definition) is 2. The Morgan fingerprint density at radius 1 is 1.07 bits per heavy atom. The largest absolute Gasteiger partial charge is 0.489 e. The number of carbonyl (C=O) groups excluding carboxylic acids is 3. The first-order chi connectivity index (χ1) is 20.8. The lowest BCUT2D eigenvalue weighted by Crippen LogP contribution is -2.69. The average molecular weight is 605 g/mol. The number of aliphatic hydroxyl groups excluding tert-OH is 2. The Labute approximate surface area is 257 Å². The summed E-state index contributed by atoms with van der Waals surface area (Å²) >= 11 is 0. The van der Waals surface area contributed by atoms with Crippen LogP contribution >= 0.6 is 0 Å². The van der Waals surface area contributed by atoms with E-state index in [1.165, 1.54) is 12.2 Å². The average Bonchev–Trinajstić information content (AvgIpc) is 3.02. The SMILES string of the molecule is CCC(OC(=O)c1ccc(OCc2ccccc2)cc1)(C(=O)CO)C1(C)CC(O)C2(F)C(CC(C)C3=CC(=O)C=CC32C)C1. The number of aliphatic hydroxyl groups is 2. The maximum absolute atomic E-state index is 17.4. The Hall–Kier alpha value is -3.62. The van der Waals surface area contributed by atoms with Gasteiger partial charge in [-0.2, -0.15) is 0 Å². The van der Waals surface area contributed by atoms with Crippen LogP contribution in [0, 0.1) is 22.7 Å². The minimum absolute atomic E-state index is 0.0258. The van der Waals surface area contributed by atoms with Crippen LogP contribution in [0.4, 0.5) is 4.39 Å². The van der Waals surface area contributed by atoms with E-state index in [1.54, 1.807) is 51.1 Å². The van der Waals surface area contributed by atoms with Crippen molar-refractivity contribution in [1.29, 1.82) is 0 Å². The highest BCUT2D eigenvalue weighted by Crippen LogP contribution is 2.66. The molecule has 7 unspecified atom stereocenters. The number of allylic oxidation sites excluding steroid dienone is 4. The number of alkyl halides is 1. The first-order valence-electron chi connectivity index (χ1n) is 15.3. The third-order valence-corrected chi connectivity index (χ3v) is 10.5. The summed E-state index contributed by atoms with van der Waals surface area (Å²) in [5.41, 5.74) is -4.49. The predicted molar refractivity (Wildman–Crippen MR) is 163 cm³/mol. The van der Waals surface area contributed by atoms with Crippen LogP contribution in [0.3, 0.4) is 0 Å². The summed E-state index contributed by atoms with van der Waals surface area (Å²) in [6.07, 6.45) is 3.20. The van der Waals surface area contributed by atoms with Crippen molar-refractivity contribution in [1.82, 2.24) is 0 Å². The Morgan fingerprint density at radius 2 is 1.75 bits per heavy atom. The van der Waals surface area contributed by atoms with Gasteiger partial charge in [-0.3, -0.25) is 9.59 Å².